The molecule has 1 aromatic carbocycles. The Morgan fingerprint density at radius 3 is 2.43 bits per heavy atom. The molecule has 1 atom stereocenters. The third kappa shape index (κ3) is 5.11. The van der Waals surface area contributed by atoms with E-state index >= 15 is 0 Å². The van der Waals surface area contributed by atoms with Crippen molar-refractivity contribution < 1.29 is 8.42 Å². The van der Waals surface area contributed by atoms with Crippen molar-refractivity contribution in [2.24, 2.45) is 0 Å². The molecule has 2 rings (SSSR count). The molecule has 0 spiro atoms. The lowest BCUT2D eigenvalue weighted by atomic mass is 9.74. The van der Waals surface area contributed by atoms with Crippen LogP contribution in [0.4, 0.5) is 0 Å². The number of hydrogen-bond acceptors (Lipinski definition) is 3. The first-order chi connectivity index (χ1) is 9.95. The molecule has 0 bridgehead atoms. The van der Waals surface area contributed by atoms with E-state index in [4.69, 9.17) is 0 Å². The second kappa shape index (κ2) is 6.93. The Kier molecular flexibility index (Phi) is 5.44. The Morgan fingerprint density at radius 2 is 1.90 bits per heavy atom. The Morgan fingerprint density at radius 1 is 1.24 bits per heavy atom. The minimum Gasteiger partial charge on any atom is -0.313 e. The highest BCUT2D eigenvalue weighted by atomic mass is 32.2. The smallest absolute Gasteiger partial charge is 0.147 e. The van der Waals surface area contributed by atoms with E-state index in [1.807, 2.05) is 6.07 Å². The zero-order valence-corrected chi connectivity index (χ0v) is 14.0. The van der Waals surface area contributed by atoms with Crippen molar-refractivity contribution in [3.63, 3.8) is 0 Å². The van der Waals surface area contributed by atoms with Crippen LogP contribution in [-0.4, -0.2) is 33.0 Å². The van der Waals surface area contributed by atoms with E-state index in [0.29, 0.717) is 6.04 Å². The second-order valence-corrected chi connectivity index (χ2v) is 8.65. The van der Waals surface area contributed by atoms with Gasteiger partial charge in [0, 0.05) is 30.0 Å². The molecule has 0 aromatic heterocycles. The summed E-state index contributed by atoms with van der Waals surface area (Å²) in [6.45, 7) is 3.16. The summed E-state index contributed by atoms with van der Waals surface area (Å²) in [5.74, 6) is 0.283. The van der Waals surface area contributed by atoms with Crippen molar-refractivity contribution in [3.8, 4) is 0 Å². The van der Waals surface area contributed by atoms with Crippen LogP contribution in [0.3, 0.4) is 0 Å². The fraction of sp³-hybridized carbons (Fsp3) is 0.647. The lowest BCUT2D eigenvalue weighted by molar-refractivity contribution is 0.350. The Balaban J connectivity index is 2.10. The predicted molar refractivity (Wildman–Crippen MR) is 88.4 cm³/mol. The topological polar surface area (TPSA) is 46.2 Å². The molecule has 1 N–H and O–H groups in total. The number of benzene rings is 1. The summed E-state index contributed by atoms with van der Waals surface area (Å²) in [5, 5.41) is 3.65. The summed E-state index contributed by atoms with van der Waals surface area (Å²) in [6, 6.07) is 11.2. The van der Waals surface area contributed by atoms with Gasteiger partial charge in [-0.1, -0.05) is 37.3 Å². The summed E-state index contributed by atoms with van der Waals surface area (Å²) in [4.78, 5) is 0. The van der Waals surface area contributed by atoms with Crippen molar-refractivity contribution in [1.82, 2.24) is 5.32 Å². The third-order valence-corrected chi connectivity index (χ3v) is 5.57. The molecule has 0 aliphatic heterocycles. The SMILES string of the molecule is CCC(CCCS(C)(=O)=O)(CNC1CC1)c1ccccc1. The van der Waals surface area contributed by atoms with Crippen LogP contribution in [0, 0.1) is 0 Å². The Hall–Kier alpha value is -0.870. The quantitative estimate of drug-likeness (QED) is 0.763. The molecule has 118 valence electrons. The van der Waals surface area contributed by atoms with Gasteiger partial charge in [-0.3, -0.25) is 0 Å². The van der Waals surface area contributed by atoms with Gasteiger partial charge < -0.3 is 5.32 Å². The third-order valence-electron chi connectivity index (χ3n) is 4.54. The van der Waals surface area contributed by atoms with Gasteiger partial charge in [-0.15, -0.1) is 0 Å². The lowest BCUT2D eigenvalue weighted by Crippen LogP contribution is -2.39. The number of nitrogens with one attached hydrogen (secondary N) is 1. The molecule has 1 aromatic rings. The van der Waals surface area contributed by atoms with Crippen molar-refractivity contribution in [1.29, 1.82) is 0 Å². The standard InChI is InChI=1S/C17H27NO2S/c1-3-17(14-18-16-10-11-16,12-7-13-21(2,19)20)15-8-5-4-6-9-15/h4-6,8-9,16,18H,3,7,10-14H2,1-2H3. The van der Waals surface area contributed by atoms with Crippen LogP contribution in [0.25, 0.3) is 0 Å². The zero-order valence-electron chi connectivity index (χ0n) is 13.1. The molecular weight excluding hydrogens is 282 g/mol. The zero-order chi connectivity index (χ0) is 15.3. The van der Waals surface area contributed by atoms with Crippen LogP contribution in [0.5, 0.6) is 0 Å². The van der Waals surface area contributed by atoms with E-state index < -0.39 is 9.84 Å². The maximum atomic E-state index is 11.4. The van der Waals surface area contributed by atoms with Gasteiger partial charge in [0.1, 0.15) is 9.84 Å². The van der Waals surface area contributed by atoms with E-state index in [1.54, 1.807) is 0 Å². The van der Waals surface area contributed by atoms with Crippen LogP contribution in [0.1, 0.15) is 44.6 Å². The van der Waals surface area contributed by atoms with E-state index in [9.17, 15) is 8.42 Å². The summed E-state index contributed by atoms with van der Waals surface area (Å²) in [6.07, 6.45) is 6.55. The summed E-state index contributed by atoms with van der Waals surface area (Å²) in [5.41, 5.74) is 1.38. The van der Waals surface area contributed by atoms with Crippen molar-refractivity contribution in [3.05, 3.63) is 35.9 Å². The van der Waals surface area contributed by atoms with Gasteiger partial charge in [0.05, 0.1) is 0 Å². The van der Waals surface area contributed by atoms with Crippen LogP contribution in [0.15, 0.2) is 30.3 Å². The normalized spacial score (nSPS) is 18.4. The van der Waals surface area contributed by atoms with Gasteiger partial charge in [0.2, 0.25) is 0 Å². The molecule has 1 unspecified atom stereocenters. The Bertz CT molecular complexity index is 537. The molecule has 1 saturated carbocycles. The molecule has 1 aliphatic carbocycles. The second-order valence-electron chi connectivity index (χ2n) is 6.39. The first kappa shape index (κ1) is 16.5. The van der Waals surface area contributed by atoms with Gasteiger partial charge in [0.25, 0.3) is 0 Å². The minimum atomic E-state index is -2.88. The molecule has 0 amide bonds. The molecule has 3 nitrogen and oxygen atoms in total. The average molecular weight is 309 g/mol. The van der Waals surface area contributed by atoms with E-state index in [2.05, 4.69) is 36.5 Å². The number of sulfone groups is 1. The summed E-state index contributed by atoms with van der Waals surface area (Å²) in [7, 11) is -2.88. The number of rotatable bonds is 9. The van der Waals surface area contributed by atoms with Crippen LogP contribution in [-0.2, 0) is 15.3 Å². The van der Waals surface area contributed by atoms with E-state index in [0.717, 1.165) is 25.8 Å². The molecule has 0 saturated heterocycles. The van der Waals surface area contributed by atoms with Crippen LogP contribution < -0.4 is 5.32 Å². The van der Waals surface area contributed by atoms with E-state index in [-0.39, 0.29) is 11.2 Å². The molecular formula is C17H27NO2S. The fourth-order valence-corrected chi connectivity index (χ4v) is 3.60. The maximum Gasteiger partial charge on any atom is 0.147 e. The summed E-state index contributed by atoms with van der Waals surface area (Å²) < 4.78 is 22.8. The highest BCUT2D eigenvalue weighted by Gasteiger charge is 2.32. The highest BCUT2D eigenvalue weighted by Crippen LogP contribution is 2.34. The molecule has 1 aliphatic rings. The fourth-order valence-electron chi connectivity index (χ4n) is 2.93. The first-order valence-electron chi connectivity index (χ1n) is 7.92. The molecule has 0 radical (unpaired) electrons. The van der Waals surface area contributed by atoms with Crippen molar-refractivity contribution in [2.45, 2.75) is 50.5 Å². The summed E-state index contributed by atoms with van der Waals surface area (Å²) >= 11 is 0. The lowest BCUT2D eigenvalue weighted by Gasteiger charge is -2.34. The predicted octanol–water partition coefficient (Wildman–Crippen LogP) is 2.91. The Labute approximate surface area is 129 Å². The first-order valence-corrected chi connectivity index (χ1v) is 9.98. The average Bonchev–Trinajstić information content (AvgIpc) is 3.27. The van der Waals surface area contributed by atoms with Crippen LogP contribution >= 0.6 is 0 Å². The maximum absolute atomic E-state index is 11.4. The molecule has 4 heteroatoms. The highest BCUT2D eigenvalue weighted by molar-refractivity contribution is 7.90. The van der Waals surface area contributed by atoms with Gasteiger partial charge in [0.15, 0.2) is 0 Å². The minimum absolute atomic E-state index is 0.0501. The van der Waals surface area contributed by atoms with Crippen molar-refractivity contribution >= 4 is 9.84 Å². The van der Waals surface area contributed by atoms with Gasteiger partial charge in [-0.2, -0.15) is 0 Å². The van der Waals surface area contributed by atoms with Crippen LogP contribution in [0.2, 0.25) is 0 Å². The van der Waals surface area contributed by atoms with Crippen molar-refractivity contribution in [2.75, 3.05) is 18.6 Å². The van der Waals surface area contributed by atoms with E-state index in [1.165, 1.54) is 24.7 Å². The van der Waals surface area contributed by atoms with Gasteiger partial charge in [-0.05, 0) is 37.7 Å². The van der Waals surface area contributed by atoms with Gasteiger partial charge >= 0.3 is 0 Å². The largest absolute Gasteiger partial charge is 0.313 e. The number of hydrogen-bond donors (Lipinski definition) is 1. The molecule has 21 heavy (non-hydrogen) atoms. The monoisotopic (exact) mass is 309 g/mol. The van der Waals surface area contributed by atoms with Gasteiger partial charge in [-0.25, -0.2) is 8.42 Å². The molecule has 0 heterocycles. The molecule has 1 fully saturated rings.